The van der Waals surface area contributed by atoms with E-state index in [4.69, 9.17) is 0 Å². The van der Waals surface area contributed by atoms with Gasteiger partial charge in [-0.2, -0.15) is 0 Å². The van der Waals surface area contributed by atoms with Crippen molar-refractivity contribution < 1.29 is 0 Å². The number of nitrogens with zero attached hydrogens (tertiary/aromatic N) is 2. The van der Waals surface area contributed by atoms with E-state index in [-0.39, 0.29) is 0 Å². The first-order valence-electron chi connectivity index (χ1n) is 20.6. The highest BCUT2D eigenvalue weighted by molar-refractivity contribution is 6.18. The molecule has 282 valence electrons. The average molecular weight is 765 g/mol. The van der Waals surface area contributed by atoms with Crippen molar-refractivity contribution >= 4 is 49.6 Å². The van der Waals surface area contributed by atoms with Crippen molar-refractivity contribution in [3.05, 3.63) is 243 Å². The van der Waals surface area contributed by atoms with Gasteiger partial charge in [0.2, 0.25) is 0 Å². The molecule has 0 N–H and O–H groups in total. The number of hydrogen-bond acceptors (Lipinski definition) is 1. The normalized spacial score (nSPS) is 11.3. The summed E-state index contributed by atoms with van der Waals surface area (Å²) in [6, 6.07) is 87.7. The standard InChI is InChI=1S/C58H40N2/c1-3-11-41(12-4-1)43-19-21-44(22-20-43)46-25-34-51(35-26-46)59(50-32-23-45(24-33-50)42-13-5-2-6-14-42)52-36-27-47(28-37-52)48-29-38-53(39-30-48)60-57-18-10-9-17-55(57)56-40-31-49-15-7-8-16-54(49)58(56)60/h1-40H. The van der Waals surface area contributed by atoms with Gasteiger partial charge in [-0.15, -0.1) is 0 Å². The molecule has 0 saturated heterocycles. The van der Waals surface area contributed by atoms with Crippen LogP contribution < -0.4 is 4.90 Å². The summed E-state index contributed by atoms with van der Waals surface area (Å²) < 4.78 is 2.42. The maximum absolute atomic E-state index is 2.42. The number of hydrogen-bond donors (Lipinski definition) is 0. The minimum absolute atomic E-state index is 1.10. The molecule has 0 spiro atoms. The van der Waals surface area contributed by atoms with Gasteiger partial charge < -0.3 is 9.47 Å². The second kappa shape index (κ2) is 15.1. The van der Waals surface area contributed by atoms with E-state index in [2.05, 4.69) is 252 Å². The van der Waals surface area contributed by atoms with Gasteiger partial charge in [0.25, 0.3) is 0 Å². The molecule has 0 unspecified atom stereocenters. The van der Waals surface area contributed by atoms with Crippen molar-refractivity contribution in [2.75, 3.05) is 4.90 Å². The lowest BCUT2D eigenvalue weighted by molar-refractivity contribution is 1.19. The van der Waals surface area contributed by atoms with Crippen LogP contribution in [0, 0.1) is 0 Å². The number of para-hydroxylation sites is 1. The van der Waals surface area contributed by atoms with E-state index in [9.17, 15) is 0 Å². The molecule has 0 atom stereocenters. The zero-order valence-corrected chi connectivity index (χ0v) is 33.0. The van der Waals surface area contributed by atoms with Gasteiger partial charge in [0.15, 0.2) is 0 Å². The van der Waals surface area contributed by atoms with Crippen LogP contribution in [0.15, 0.2) is 243 Å². The van der Waals surface area contributed by atoms with Crippen LogP contribution in [-0.4, -0.2) is 4.57 Å². The van der Waals surface area contributed by atoms with E-state index in [1.54, 1.807) is 0 Å². The Morgan fingerprint density at radius 3 is 1.10 bits per heavy atom. The van der Waals surface area contributed by atoms with Crippen LogP contribution in [0.5, 0.6) is 0 Å². The van der Waals surface area contributed by atoms with Crippen molar-refractivity contribution in [3.63, 3.8) is 0 Å². The molecule has 10 aromatic carbocycles. The second-order valence-electron chi connectivity index (χ2n) is 15.4. The fourth-order valence-corrected chi connectivity index (χ4v) is 8.77. The summed E-state index contributed by atoms with van der Waals surface area (Å²) in [4.78, 5) is 2.34. The summed E-state index contributed by atoms with van der Waals surface area (Å²) in [6.07, 6.45) is 0. The van der Waals surface area contributed by atoms with Crippen molar-refractivity contribution in [3.8, 4) is 50.2 Å². The van der Waals surface area contributed by atoms with E-state index in [1.165, 1.54) is 77.1 Å². The lowest BCUT2D eigenvalue weighted by atomic mass is 10.00. The van der Waals surface area contributed by atoms with E-state index >= 15 is 0 Å². The molecule has 1 aromatic heterocycles. The quantitative estimate of drug-likeness (QED) is 0.150. The Kier molecular flexibility index (Phi) is 8.87. The molecule has 0 aliphatic rings. The van der Waals surface area contributed by atoms with Gasteiger partial charge in [-0.1, -0.05) is 188 Å². The number of benzene rings is 10. The van der Waals surface area contributed by atoms with Crippen LogP contribution in [0.2, 0.25) is 0 Å². The topological polar surface area (TPSA) is 8.17 Å². The van der Waals surface area contributed by atoms with E-state index in [0.717, 1.165) is 22.7 Å². The second-order valence-corrected chi connectivity index (χ2v) is 15.4. The largest absolute Gasteiger partial charge is 0.311 e. The summed E-state index contributed by atoms with van der Waals surface area (Å²) in [7, 11) is 0. The fraction of sp³-hybridized carbons (Fsp3) is 0. The smallest absolute Gasteiger partial charge is 0.0619 e. The summed E-state index contributed by atoms with van der Waals surface area (Å²) in [5.41, 5.74) is 16.5. The highest BCUT2D eigenvalue weighted by Gasteiger charge is 2.16. The molecule has 0 bridgehead atoms. The summed E-state index contributed by atoms with van der Waals surface area (Å²) in [5.74, 6) is 0. The lowest BCUT2D eigenvalue weighted by Crippen LogP contribution is -2.09. The molecule has 60 heavy (non-hydrogen) atoms. The first-order valence-corrected chi connectivity index (χ1v) is 20.6. The summed E-state index contributed by atoms with van der Waals surface area (Å²) in [6.45, 7) is 0. The summed E-state index contributed by atoms with van der Waals surface area (Å²) >= 11 is 0. The first-order chi connectivity index (χ1) is 29.7. The van der Waals surface area contributed by atoms with Crippen LogP contribution in [0.1, 0.15) is 0 Å². The highest BCUT2D eigenvalue weighted by atomic mass is 15.1. The van der Waals surface area contributed by atoms with Crippen LogP contribution in [-0.2, 0) is 0 Å². The van der Waals surface area contributed by atoms with Crippen molar-refractivity contribution in [2.45, 2.75) is 0 Å². The molecule has 0 saturated carbocycles. The molecule has 0 amide bonds. The molecule has 2 heteroatoms. The number of fused-ring (bicyclic) bond motifs is 5. The number of rotatable bonds is 8. The molecule has 1 heterocycles. The van der Waals surface area contributed by atoms with Gasteiger partial charge in [-0.3, -0.25) is 0 Å². The molecule has 11 rings (SSSR count). The minimum atomic E-state index is 1.10. The van der Waals surface area contributed by atoms with Crippen molar-refractivity contribution in [1.82, 2.24) is 4.57 Å². The monoisotopic (exact) mass is 764 g/mol. The predicted molar refractivity (Wildman–Crippen MR) is 255 cm³/mol. The van der Waals surface area contributed by atoms with Gasteiger partial charge >= 0.3 is 0 Å². The Balaban J connectivity index is 0.926. The molecule has 0 aliphatic carbocycles. The Morgan fingerprint density at radius 1 is 0.250 bits per heavy atom. The number of anilines is 3. The number of aromatic nitrogens is 1. The third kappa shape index (κ3) is 6.41. The Bertz CT molecular complexity index is 3240. The van der Waals surface area contributed by atoms with Gasteiger partial charge in [0.05, 0.1) is 11.0 Å². The molecule has 11 aromatic rings. The Hall–Kier alpha value is -7.94. The van der Waals surface area contributed by atoms with E-state index < -0.39 is 0 Å². The maximum Gasteiger partial charge on any atom is 0.0619 e. The molecule has 0 radical (unpaired) electrons. The minimum Gasteiger partial charge on any atom is -0.311 e. The lowest BCUT2D eigenvalue weighted by Gasteiger charge is -2.26. The highest BCUT2D eigenvalue weighted by Crippen LogP contribution is 2.40. The molecule has 0 aliphatic heterocycles. The SMILES string of the molecule is c1ccc(-c2ccc(-c3ccc(N(c4ccc(-c5ccccc5)cc4)c4ccc(-c5ccc(-n6c7ccccc7c7ccc8ccccc8c76)cc5)cc4)cc3)cc2)cc1. The fourth-order valence-electron chi connectivity index (χ4n) is 8.77. The van der Waals surface area contributed by atoms with E-state index in [1.807, 2.05) is 0 Å². The zero-order chi connectivity index (χ0) is 39.8. The molecular weight excluding hydrogens is 725 g/mol. The third-order valence-corrected chi connectivity index (χ3v) is 11.8. The van der Waals surface area contributed by atoms with Crippen LogP contribution in [0.4, 0.5) is 17.1 Å². The first kappa shape index (κ1) is 35.2. The molecule has 2 nitrogen and oxygen atoms in total. The molecular formula is C58H40N2. The Morgan fingerprint density at radius 2 is 0.617 bits per heavy atom. The average Bonchev–Trinajstić information content (AvgIpc) is 3.68. The van der Waals surface area contributed by atoms with E-state index in [0.29, 0.717) is 0 Å². The maximum atomic E-state index is 2.42. The van der Waals surface area contributed by atoms with Crippen LogP contribution in [0.25, 0.3) is 82.8 Å². The summed E-state index contributed by atoms with van der Waals surface area (Å²) in [5, 5.41) is 5.05. The van der Waals surface area contributed by atoms with Crippen LogP contribution >= 0.6 is 0 Å². The van der Waals surface area contributed by atoms with Gasteiger partial charge in [0.1, 0.15) is 0 Å². The van der Waals surface area contributed by atoms with Gasteiger partial charge in [-0.05, 0) is 104 Å². The van der Waals surface area contributed by atoms with Gasteiger partial charge in [0, 0.05) is 38.9 Å². The zero-order valence-electron chi connectivity index (χ0n) is 33.0. The van der Waals surface area contributed by atoms with Crippen LogP contribution in [0.3, 0.4) is 0 Å². The van der Waals surface area contributed by atoms with Crippen molar-refractivity contribution in [1.29, 1.82) is 0 Å². The third-order valence-electron chi connectivity index (χ3n) is 11.8. The van der Waals surface area contributed by atoms with Crippen molar-refractivity contribution in [2.24, 2.45) is 0 Å². The molecule has 0 fully saturated rings. The predicted octanol–water partition coefficient (Wildman–Crippen LogP) is 16.1. The Labute approximate surface area is 350 Å². The van der Waals surface area contributed by atoms with Gasteiger partial charge in [-0.25, -0.2) is 0 Å².